The molecular weight excluding hydrogens is 238 g/mol. The standard InChI is InChI=1S/C14H12F2S/c1-10-7-8-13(15)14(16)12(10)9-17-11-5-3-2-4-6-11/h2-8H,9H2,1H3. The number of benzene rings is 2. The van der Waals surface area contributed by atoms with E-state index >= 15 is 0 Å². The summed E-state index contributed by atoms with van der Waals surface area (Å²) in [4.78, 5) is 1.05. The molecule has 0 amide bonds. The molecule has 0 N–H and O–H groups in total. The van der Waals surface area contributed by atoms with Gasteiger partial charge in [0.05, 0.1) is 0 Å². The monoisotopic (exact) mass is 250 g/mol. The van der Waals surface area contributed by atoms with Crippen molar-refractivity contribution in [2.75, 3.05) is 0 Å². The number of hydrogen-bond acceptors (Lipinski definition) is 1. The minimum absolute atomic E-state index is 0.443. The zero-order valence-electron chi connectivity index (χ0n) is 9.41. The Balaban J connectivity index is 2.17. The molecule has 2 aromatic rings. The molecule has 0 fully saturated rings. The summed E-state index contributed by atoms with van der Waals surface area (Å²) in [6, 6.07) is 12.5. The van der Waals surface area contributed by atoms with Crippen molar-refractivity contribution in [1.82, 2.24) is 0 Å². The van der Waals surface area contributed by atoms with Gasteiger partial charge in [-0.3, -0.25) is 0 Å². The highest BCUT2D eigenvalue weighted by atomic mass is 32.2. The smallest absolute Gasteiger partial charge is 0.163 e. The van der Waals surface area contributed by atoms with Gasteiger partial charge in [-0.2, -0.15) is 0 Å². The van der Waals surface area contributed by atoms with Crippen molar-refractivity contribution in [2.45, 2.75) is 17.6 Å². The van der Waals surface area contributed by atoms with Crippen LogP contribution in [0, 0.1) is 18.6 Å². The lowest BCUT2D eigenvalue weighted by atomic mass is 10.1. The number of aryl methyl sites for hydroxylation is 1. The highest BCUT2D eigenvalue weighted by molar-refractivity contribution is 7.98. The second-order valence-corrected chi connectivity index (χ2v) is 4.81. The molecule has 0 aromatic heterocycles. The molecule has 3 heteroatoms. The van der Waals surface area contributed by atoms with Gasteiger partial charge in [0.25, 0.3) is 0 Å². The van der Waals surface area contributed by atoms with Gasteiger partial charge in [-0.1, -0.05) is 24.3 Å². The molecule has 88 valence electrons. The van der Waals surface area contributed by atoms with Crippen LogP contribution in [0.5, 0.6) is 0 Å². The Morgan fingerprint density at radius 2 is 1.71 bits per heavy atom. The van der Waals surface area contributed by atoms with Gasteiger partial charge in [0.1, 0.15) is 0 Å². The predicted octanol–water partition coefficient (Wildman–Crippen LogP) is 4.57. The van der Waals surface area contributed by atoms with E-state index in [0.717, 1.165) is 10.5 Å². The number of hydrogen-bond donors (Lipinski definition) is 0. The third-order valence-electron chi connectivity index (χ3n) is 2.56. The lowest BCUT2D eigenvalue weighted by molar-refractivity contribution is 0.501. The van der Waals surface area contributed by atoms with E-state index < -0.39 is 11.6 Å². The first kappa shape index (κ1) is 12.1. The van der Waals surface area contributed by atoms with Crippen LogP contribution >= 0.6 is 11.8 Å². The van der Waals surface area contributed by atoms with Gasteiger partial charge in [0.2, 0.25) is 0 Å². The van der Waals surface area contributed by atoms with E-state index in [0.29, 0.717) is 11.3 Å². The molecule has 17 heavy (non-hydrogen) atoms. The molecule has 0 aliphatic carbocycles. The average Bonchev–Trinajstić information content (AvgIpc) is 2.35. The van der Waals surface area contributed by atoms with Crippen LogP contribution in [0.1, 0.15) is 11.1 Å². The summed E-state index contributed by atoms with van der Waals surface area (Å²) in [7, 11) is 0. The number of rotatable bonds is 3. The van der Waals surface area contributed by atoms with Gasteiger partial charge in [0.15, 0.2) is 11.6 Å². The molecule has 0 aliphatic heterocycles. The molecule has 0 saturated carbocycles. The van der Waals surface area contributed by atoms with Crippen LogP contribution in [0.2, 0.25) is 0 Å². The Morgan fingerprint density at radius 1 is 1.00 bits per heavy atom. The zero-order chi connectivity index (χ0) is 12.3. The highest BCUT2D eigenvalue weighted by Gasteiger charge is 2.11. The molecule has 2 rings (SSSR count). The lowest BCUT2D eigenvalue weighted by Gasteiger charge is -2.07. The maximum absolute atomic E-state index is 13.6. The van der Waals surface area contributed by atoms with Crippen molar-refractivity contribution >= 4 is 11.8 Å². The van der Waals surface area contributed by atoms with Gasteiger partial charge in [0, 0.05) is 16.2 Å². The Bertz CT molecular complexity index is 509. The second-order valence-electron chi connectivity index (χ2n) is 3.76. The van der Waals surface area contributed by atoms with Gasteiger partial charge < -0.3 is 0 Å². The van der Waals surface area contributed by atoms with Crippen molar-refractivity contribution in [3.05, 3.63) is 65.2 Å². The molecule has 2 aromatic carbocycles. The van der Waals surface area contributed by atoms with Crippen LogP contribution < -0.4 is 0 Å². The number of thioether (sulfide) groups is 1. The summed E-state index contributed by atoms with van der Waals surface area (Å²) in [5.41, 5.74) is 1.23. The third kappa shape index (κ3) is 2.86. The van der Waals surface area contributed by atoms with Crippen LogP contribution in [0.15, 0.2) is 47.4 Å². The van der Waals surface area contributed by atoms with Crippen molar-refractivity contribution in [3.8, 4) is 0 Å². The van der Waals surface area contributed by atoms with E-state index in [-0.39, 0.29) is 0 Å². The average molecular weight is 250 g/mol. The van der Waals surface area contributed by atoms with Gasteiger partial charge >= 0.3 is 0 Å². The van der Waals surface area contributed by atoms with Gasteiger partial charge in [-0.05, 0) is 30.7 Å². The quantitative estimate of drug-likeness (QED) is 0.719. The fourth-order valence-electron chi connectivity index (χ4n) is 1.54. The fraction of sp³-hybridized carbons (Fsp3) is 0.143. The number of halogens is 2. The molecule has 0 spiro atoms. The first-order valence-electron chi connectivity index (χ1n) is 5.30. The first-order chi connectivity index (χ1) is 8.18. The van der Waals surface area contributed by atoms with E-state index in [1.54, 1.807) is 13.0 Å². The Hall–Kier alpha value is -1.35. The maximum Gasteiger partial charge on any atom is 0.163 e. The molecular formula is C14H12F2S. The van der Waals surface area contributed by atoms with Crippen LogP contribution in [-0.4, -0.2) is 0 Å². The molecule has 0 aliphatic rings. The van der Waals surface area contributed by atoms with E-state index in [1.165, 1.54) is 17.8 Å². The van der Waals surface area contributed by atoms with Crippen molar-refractivity contribution < 1.29 is 8.78 Å². The van der Waals surface area contributed by atoms with Crippen molar-refractivity contribution in [2.24, 2.45) is 0 Å². The summed E-state index contributed by atoms with van der Waals surface area (Å²) in [6.07, 6.45) is 0. The summed E-state index contributed by atoms with van der Waals surface area (Å²) in [5.74, 6) is -1.06. The van der Waals surface area contributed by atoms with E-state index in [2.05, 4.69) is 0 Å². The minimum Gasteiger partial charge on any atom is -0.204 e. The maximum atomic E-state index is 13.6. The predicted molar refractivity (Wildman–Crippen MR) is 67.1 cm³/mol. The van der Waals surface area contributed by atoms with Crippen molar-refractivity contribution in [1.29, 1.82) is 0 Å². The minimum atomic E-state index is -0.778. The van der Waals surface area contributed by atoms with E-state index in [4.69, 9.17) is 0 Å². The first-order valence-corrected chi connectivity index (χ1v) is 6.28. The van der Waals surface area contributed by atoms with E-state index in [1.807, 2.05) is 30.3 Å². The molecule has 0 saturated heterocycles. The SMILES string of the molecule is Cc1ccc(F)c(F)c1CSc1ccccc1. The van der Waals surface area contributed by atoms with Crippen LogP contribution in [0.4, 0.5) is 8.78 Å². The zero-order valence-corrected chi connectivity index (χ0v) is 10.2. The normalized spacial score (nSPS) is 10.5. The topological polar surface area (TPSA) is 0 Å². The van der Waals surface area contributed by atoms with Gasteiger partial charge in [-0.15, -0.1) is 11.8 Å². The Labute approximate surface area is 104 Å². The molecule has 0 unspecified atom stereocenters. The molecule has 0 radical (unpaired) electrons. The molecule has 0 bridgehead atoms. The lowest BCUT2D eigenvalue weighted by Crippen LogP contribution is -1.96. The molecule has 0 heterocycles. The summed E-state index contributed by atoms with van der Waals surface area (Å²) < 4.78 is 26.7. The van der Waals surface area contributed by atoms with Crippen molar-refractivity contribution in [3.63, 3.8) is 0 Å². The largest absolute Gasteiger partial charge is 0.204 e. The fourth-order valence-corrected chi connectivity index (χ4v) is 2.55. The van der Waals surface area contributed by atoms with Crippen LogP contribution in [-0.2, 0) is 5.75 Å². The van der Waals surface area contributed by atoms with Gasteiger partial charge in [-0.25, -0.2) is 8.78 Å². The third-order valence-corrected chi connectivity index (χ3v) is 3.60. The summed E-state index contributed by atoms with van der Waals surface area (Å²) in [5, 5.41) is 0. The van der Waals surface area contributed by atoms with Crippen LogP contribution in [0.3, 0.4) is 0 Å². The Morgan fingerprint density at radius 3 is 2.41 bits per heavy atom. The van der Waals surface area contributed by atoms with Crippen LogP contribution in [0.25, 0.3) is 0 Å². The second kappa shape index (κ2) is 5.32. The molecule has 0 nitrogen and oxygen atoms in total. The summed E-state index contributed by atoms with van der Waals surface area (Å²) in [6.45, 7) is 1.80. The highest BCUT2D eigenvalue weighted by Crippen LogP contribution is 2.26. The van der Waals surface area contributed by atoms with E-state index in [9.17, 15) is 8.78 Å². The Kier molecular flexibility index (Phi) is 3.79. The summed E-state index contributed by atoms with van der Waals surface area (Å²) >= 11 is 1.50. The molecule has 0 atom stereocenters.